The van der Waals surface area contributed by atoms with Crippen molar-refractivity contribution in [1.29, 1.82) is 0 Å². The van der Waals surface area contributed by atoms with Crippen molar-refractivity contribution in [2.24, 2.45) is 5.10 Å². The molecule has 3 aromatic rings. The van der Waals surface area contributed by atoms with Crippen LogP contribution in [-0.4, -0.2) is 47.2 Å². The highest BCUT2D eigenvalue weighted by Crippen LogP contribution is 2.54. The van der Waals surface area contributed by atoms with Crippen LogP contribution in [0.15, 0.2) is 101 Å². The van der Waals surface area contributed by atoms with Crippen molar-refractivity contribution in [3.8, 4) is 0 Å². The Hall–Kier alpha value is -4.43. The van der Waals surface area contributed by atoms with Crippen LogP contribution >= 0.6 is 11.6 Å². The Bertz CT molecular complexity index is 1540. The summed E-state index contributed by atoms with van der Waals surface area (Å²) in [6.45, 7) is 5.39. The number of anilines is 1. The fourth-order valence-corrected chi connectivity index (χ4v) is 5.90. The van der Waals surface area contributed by atoms with Gasteiger partial charge in [-0.2, -0.15) is 10.1 Å². The second kappa shape index (κ2) is 11.6. The first-order valence-corrected chi connectivity index (χ1v) is 13.8. The Kier molecular flexibility index (Phi) is 7.94. The summed E-state index contributed by atoms with van der Waals surface area (Å²) < 4.78 is 11.0. The van der Waals surface area contributed by atoms with Gasteiger partial charge >= 0.3 is 11.9 Å². The van der Waals surface area contributed by atoms with E-state index in [1.807, 2.05) is 48.5 Å². The summed E-state index contributed by atoms with van der Waals surface area (Å²) in [6, 6.07) is 25.4. The molecular weight excluding hydrogens is 542 g/mol. The highest BCUT2D eigenvalue weighted by Gasteiger charge is 2.67. The summed E-state index contributed by atoms with van der Waals surface area (Å²) in [5.74, 6) is -2.83. The molecule has 9 heteroatoms. The predicted molar refractivity (Wildman–Crippen MR) is 156 cm³/mol. The first-order valence-electron chi connectivity index (χ1n) is 13.4. The molecule has 0 bridgehead atoms. The summed E-state index contributed by atoms with van der Waals surface area (Å²) in [5, 5.41) is 6.49. The molecule has 0 aliphatic carbocycles. The summed E-state index contributed by atoms with van der Waals surface area (Å²) >= 11 is 6.46. The zero-order chi connectivity index (χ0) is 29.1. The van der Waals surface area contributed by atoms with Gasteiger partial charge in [0.15, 0.2) is 5.54 Å². The van der Waals surface area contributed by atoms with Crippen LogP contribution in [-0.2, 0) is 30.4 Å². The molecule has 2 unspecified atom stereocenters. The molecule has 210 valence electrons. The number of hydrogen-bond acceptors (Lipinski definition) is 7. The number of halogens is 1. The van der Waals surface area contributed by atoms with E-state index in [1.54, 1.807) is 62.1 Å². The van der Waals surface area contributed by atoms with Crippen molar-refractivity contribution >= 4 is 40.8 Å². The van der Waals surface area contributed by atoms with Crippen LogP contribution in [0, 0.1) is 0 Å². The molecule has 2 atom stereocenters. The molecule has 2 aliphatic heterocycles. The lowest BCUT2D eigenvalue weighted by Crippen LogP contribution is -2.59. The number of carbonyl (C=O) groups excluding carboxylic acids is 3. The zero-order valence-electron chi connectivity index (χ0n) is 23.0. The van der Waals surface area contributed by atoms with Crippen molar-refractivity contribution < 1.29 is 23.9 Å². The van der Waals surface area contributed by atoms with Gasteiger partial charge in [0, 0.05) is 11.6 Å². The van der Waals surface area contributed by atoms with Gasteiger partial charge in [-0.15, -0.1) is 0 Å². The van der Waals surface area contributed by atoms with Gasteiger partial charge in [-0.3, -0.25) is 4.79 Å². The van der Waals surface area contributed by atoms with Crippen LogP contribution in [0.25, 0.3) is 0 Å². The van der Waals surface area contributed by atoms with Crippen LogP contribution in [0.1, 0.15) is 37.8 Å². The third-order valence-corrected chi connectivity index (χ3v) is 7.54. The lowest BCUT2D eigenvalue weighted by Gasteiger charge is -2.40. The third kappa shape index (κ3) is 4.78. The Morgan fingerprint density at radius 3 is 2.17 bits per heavy atom. The molecule has 2 heterocycles. The summed E-state index contributed by atoms with van der Waals surface area (Å²) in [4.78, 5) is 44.2. The van der Waals surface area contributed by atoms with E-state index in [2.05, 4.69) is 0 Å². The molecule has 41 heavy (non-hydrogen) atoms. The van der Waals surface area contributed by atoms with E-state index in [0.29, 0.717) is 22.0 Å². The summed E-state index contributed by atoms with van der Waals surface area (Å²) in [5.41, 5.74) is 0.755. The predicted octanol–water partition coefficient (Wildman–Crippen LogP) is 5.48. The lowest BCUT2D eigenvalue weighted by molar-refractivity contribution is -0.143. The molecule has 0 saturated carbocycles. The van der Waals surface area contributed by atoms with Crippen LogP contribution in [0.2, 0.25) is 5.02 Å². The molecule has 5 rings (SSSR count). The van der Waals surface area contributed by atoms with Gasteiger partial charge in [-0.05, 0) is 56.2 Å². The van der Waals surface area contributed by atoms with Crippen molar-refractivity contribution in [1.82, 2.24) is 4.90 Å². The van der Waals surface area contributed by atoms with Crippen LogP contribution in [0.3, 0.4) is 0 Å². The molecule has 1 spiro atoms. The normalized spacial score (nSPS) is 20.0. The molecule has 0 aromatic heterocycles. The lowest BCUT2D eigenvalue weighted by atomic mass is 9.73. The van der Waals surface area contributed by atoms with E-state index in [0.717, 1.165) is 5.56 Å². The molecule has 1 amide bonds. The Balaban J connectivity index is 1.84. The number of ether oxygens (including phenoxy) is 2. The summed E-state index contributed by atoms with van der Waals surface area (Å²) in [7, 11) is 0. The molecule has 0 N–H and O–H groups in total. The Labute approximate surface area is 243 Å². The largest absolute Gasteiger partial charge is 0.463 e. The van der Waals surface area contributed by atoms with Gasteiger partial charge in [0.05, 0.1) is 36.1 Å². The average molecular weight is 572 g/mol. The van der Waals surface area contributed by atoms with E-state index in [4.69, 9.17) is 26.2 Å². The maximum absolute atomic E-state index is 14.9. The number of carbonyl (C=O) groups is 3. The first-order chi connectivity index (χ1) is 19.8. The second-order valence-electron chi connectivity index (χ2n) is 9.67. The highest BCUT2D eigenvalue weighted by atomic mass is 35.5. The third-order valence-electron chi connectivity index (χ3n) is 7.31. The maximum Gasteiger partial charge on any atom is 0.355 e. The van der Waals surface area contributed by atoms with Crippen molar-refractivity contribution in [2.75, 3.05) is 18.2 Å². The van der Waals surface area contributed by atoms with Crippen molar-refractivity contribution in [3.63, 3.8) is 0 Å². The van der Waals surface area contributed by atoms with E-state index in [9.17, 15) is 14.4 Å². The minimum atomic E-state index is -1.60. The first kappa shape index (κ1) is 28.1. The fraction of sp³-hybridized carbons (Fsp3) is 0.250. The molecule has 2 aliphatic rings. The number of nitrogens with zero attached hydrogens (tertiary/aromatic N) is 3. The molecular formula is C32H30ClN3O5. The minimum absolute atomic E-state index is 0.0290. The second-order valence-corrected chi connectivity index (χ2v) is 10.1. The van der Waals surface area contributed by atoms with E-state index in [1.165, 1.54) is 5.01 Å². The van der Waals surface area contributed by atoms with Crippen LogP contribution < -0.4 is 5.01 Å². The monoisotopic (exact) mass is 571 g/mol. The zero-order valence-corrected chi connectivity index (χ0v) is 23.8. The summed E-state index contributed by atoms with van der Waals surface area (Å²) in [6.07, 6.45) is 0. The van der Waals surface area contributed by atoms with Gasteiger partial charge in [-0.25, -0.2) is 9.59 Å². The molecule has 3 aromatic carbocycles. The molecule has 0 fully saturated rings. The maximum atomic E-state index is 14.9. The average Bonchev–Trinajstić information content (AvgIpc) is 3.42. The number of hydrazone groups is 1. The van der Waals surface area contributed by atoms with E-state index < -0.39 is 29.3 Å². The number of esters is 2. The number of amides is 1. The number of rotatable bonds is 8. The van der Waals surface area contributed by atoms with Gasteiger partial charge in [-0.1, -0.05) is 72.3 Å². The standard InChI is InChI=1S/C32H30ClN3O5/c1-4-40-29(37)26-27(23-15-12-16-24(33)19-23)32(21(3)34-36(31(32)39)25-17-10-7-11-18-25)35(28(26)30(38)41-5-2)20-22-13-8-6-9-14-22/h6-19,27H,4-5,20H2,1-3H3. The van der Waals surface area contributed by atoms with Gasteiger partial charge < -0.3 is 14.4 Å². The Morgan fingerprint density at radius 2 is 1.54 bits per heavy atom. The van der Waals surface area contributed by atoms with Crippen LogP contribution in [0.5, 0.6) is 0 Å². The number of para-hydroxylation sites is 1. The van der Waals surface area contributed by atoms with Crippen LogP contribution in [0.4, 0.5) is 5.69 Å². The van der Waals surface area contributed by atoms with Gasteiger partial charge in [0.25, 0.3) is 5.91 Å². The highest BCUT2D eigenvalue weighted by molar-refractivity contribution is 6.31. The van der Waals surface area contributed by atoms with Crippen molar-refractivity contribution in [3.05, 3.63) is 112 Å². The van der Waals surface area contributed by atoms with Gasteiger partial charge in [0.1, 0.15) is 5.70 Å². The Morgan fingerprint density at radius 1 is 0.902 bits per heavy atom. The fourth-order valence-electron chi connectivity index (χ4n) is 5.71. The minimum Gasteiger partial charge on any atom is -0.463 e. The molecule has 0 saturated heterocycles. The van der Waals surface area contributed by atoms with E-state index >= 15 is 0 Å². The van der Waals surface area contributed by atoms with Crippen molar-refractivity contribution in [2.45, 2.75) is 38.8 Å². The smallest absolute Gasteiger partial charge is 0.355 e. The molecule has 0 radical (unpaired) electrons. The number of hydrogen-bond donors (Lipinski definition) is 0. The topological polar surface area (TPSA) is 88.5 Å². The number of benzene rings is 3. The van der Waals surface area contributed by atoms with Gasteiger partial charge in [0.2, 0.25) is 0 Å². The molecule has 8 nitrogen and oxygen atoms in total. The quantitative estimate of drug-likeness (QED) is 0.333. The van der Waals surface area contributed by atoms with E-state index in [-0.39, 0.29) is 31.0 Å². The SMILES string of the molecule is CCOC(=O)C1=C(C(=O)OCC)N(Cc2ccccc2)C2(C(=O)N(c3ccccc3)N=C2C)C1c1cccc(Cl)c1.